The van der Waals surface area contributed by atoms with Gasteiger partial charge in [-0.05, 0) is 89.2 Å². The second-order valence-electron chi connectivity index (χ2n) is 15.6. The third-order valence-corrected chi connectivity index (χ3v) is 12.4. The predicted octanol–water partition coefficient (Wildman–Crippen LogP) is 13.5. The Morgan fingerprint density at radius 3 is 1.30 bits per heavy atom. The van der Waals surface area contributed by atoms with Crippen LogP contribution in [-0.2, 0) is 31.7 Å². The average Bonchev–Trinajstić information content (AvgIpc) is 3.05. The van der Waals surface area contributed by atoms with Gasteiger partial charge < -0.3 is 9.05 Å². The molecule has 0 bridgehead atoms. The largest absolute Gasteiger partial charge is 0.474 e. The van der Waals surface area contributed by atoms with Crippen molar-refractivity contribution in [1.29, 1.82) is 0 Å². The first-order chi connectivity index (χ1) is 24.7. The fourth-order valence-corrected chi connectivity index (χ4v) is 8.48. The highest BCUT2D eigenvalue weighted by Crippen LogP contribution is 2.53. The maximum Gasteiger partial charge on any atom is 0.474 e. The minimum Gasteiger partial charge on any atom is -0.312 e. The van der Waals surface area contributed by atoms with Gasteiger partial charge in [-0.15, -0.1) is 0 Å². The molecule has 2 aliphatic rings. The van der Waals surface area contributed by atoms with E-state index in [1.165, 1.54) is 50.3 Å². The van der Waals surface area contributed by atoms with E-state index in [-0.39, 0.29) is 23.0 Å². The molecule has 3 atom stereocenters. The van der Waals surface area contributed by atoms with E-state index in [2.05, 4.69) is 154 Å². The molecule has 0 spiro atoms. The summed E-state index contributed by atoms with van der Waals surface area (Å²) < 4.78 is 51.5. The molecule has 0 aromatic rings. The van der Waals surface area contributed by atoms with Crippen molar-refractivity contribution in [3.8, 4) is 0 Å². The van der Waals surface area contributed by atoms with Crippen LogP contribution in [0.15, 0.2) is 130 Å². The van der Waals surface area contributed by atoms with Crippen LogP contribution < -0.4 is 0 Å². The van der Waals surface area contributed by atoms with Crippen LogP contribution in [0, 0.1) is 10.8 Å². The molecule has 2 aliphatic carbocycles. The fourth-order valence-electron chi connectivity index (χ4n) is 6.87. The third-order valence-electron chi connectivity index (χ3n) is 9.61. The number of phosphoric ester groups is 1. The molecule has 0 saturated carbocycles. The molecule has 294 valence electrons. The van der Waals surface area contributed by atoms with E-state index in [1.807, 2.05) is 0 Å². The van der Waals surface area contributed by atoms with E-state index in [9.17, 15) is 9.13 Å². The first kappa shape index (κ1) is 46.6. The molecule has 2 rings (SSSR count). The van der Waals surface area contributed by atoms with Crippen molar-refractivity contribution >= 4 is 15.4 Å². The van der Waals surface area contributed by atoms with Gasteiger partial charge in [-0.25, -0.2) is 4.57 Å². The number of rotatable bonds is 17. The normalized spacial score (nSPS) is 23.9. The zero-order chi connectivity index (χ0) is 40.0. The van der Waals surface area contributed by atoms with Gasteiger partial charge in [0.15, 0.2) is 0 Å². The van der Waals surface area contributed by atoms with Gasteiger partial charge in [0.1, 0.15) is 0 Å². The SMILES string of the molecule is COP(C)(=O)OC1CC(C)=C(/C=C/C(C)=C/C=C/C(C)=C/C=C/C=C(C)/C=C/C=C(C)/C=C/C2=C(C)CC(OP(=O)(OC)OC)CC2(C)C)C(C)(C)C1. The van der Waals surface area contributed by atoms with Gasteiger partial charge in [-0.3, -0.25) is 18.1 Å². The summed E-state index contributed by atoms with van der Waals surface area (Å²) in [6.07, 6.45) is 32.2. The Morgan fingerprint density at radius 1 is 0.585 bits per heavy atom. The molecule has 53 heavy (non-hydrogen) atoms. The second kappa shape index (κ2) is 20.9. The highest BCUT2D eigenvalue weighted by atomic mass is 31.2. The van der Waals surface area contributed by atoms with Gasteiger partial charge in [-0.1, -0.05) is 146 Å². The standard InChI is InChI=1S/C44H66O7P2/c1-33(21-17-23-35(3)25-27-41-37(5)29-39(31-43(41,7)8)50-52(14,45)47-11)19-15-16-20-34(2)22-18-24-36(4)26-28-42-38(6)30-40(32-44(42,9)10)51-53(46,48-12)49-13/h15-28,39-40H,29-32H2,1-14H3/b16-15+,21-17+,22-18+,27-25+,28-26+,33-19+,34-20+,35-23+,36-24+. The van der Waals surface area contributed by atoms with E-state index in [1.54, 1.807) is 0 Å². The Labute approximate surface area is 321 Å². The quantitative estimate of drug-likeness (QED) is 0.108. The summed E-state index contributed by atoms with van der Waals surface area (Å²) in [6.45, 7) is 22.9. The number of hydrogen-bond donors (Lipinski definition) is 0. The molecule has 0 heterocycles. The molecule has 0 fully saturated rings. The summed E-state index contributed by atoms with van der Waals surface area (Å²) in [7, 11) is -2.43. The smallest absolute Gasteiger partial charge is 0.312 e. The van der Waals surface area contributed by atoms with Gasteiger partial charge in [0, 0.05) is 28.0 Å². The van der Waals surface area contributed by atoms with Crippen LogP contribution in [0.5, 0.6) is 0 Å². The van der Waals surface area contributed by atoms with E-state index >= 15 is 0 Å². The van der Waals surface area contributed by atoms with Crippen LogP contribution in [0.25, 0.3) is 0 Å². The van der Waals surface area contributed by atoms with Gasteiger partial charge in [0.05, 0.1) is 12.2 Å². The Morgan fingerprint density at radius 2 is 0.943 bits per heavy atom. The van der Waals surface area contributed by atoms with Crippen molar-refractivity contribution in [3.05, 3.63) is 130 Å². The molecule has 0 amide bonds. The zero-order valence-corrected chi connectivity index (χ0v) is 36.6. The lowest BCUT2D eigenvalue weighted by Gasteiger charge is -2.38. The molecule has 0 aromatic heterocycles. The van der Waals surface area contributed by atoms with E-state index in [0.29, 0.717) is 6.42 Å². The summed E-state index contributed by atoms with van der Waals surface area (Å²) in [5, 5.41) is 0. The first-order valence-electron chi connectivity index (χ1n) is 18.4. The van der Waals surface area contributed by atoms with Crippen LogP contribution in [0.1, 0.15) is 94.9 Å². The molecular weight excluding hydrogens is 702 g/mol. The van der Waals surface area contributed by atoms with E-state index in [4.69, 9.17) is 22.6 Å². The lowest BCUT2D eigenvalue weighted by atomic mass is 9.71. The number of allylic oxidation sites excluding steroid dienone is 20. The number of phosphoric acid groups is 1. The third kappa shape index (κ3) is 16.0. The second-order valence-corrected chi connectivity index (χ2v) is 19.6. The Kier molecular flexibility index (Phi) is 18.4. The minimum atomic E-state index is -3.53. The van der Waals surface area contributed by atoms with Gasteiger partial charge in [-0.2, -0.15) is 0 Å². The Bertz CT molecular complexity index is 1710. The zero-order valence-electron chi connectivity index (χ0n) is 34.8. The van der Waals surface area contributed by atoms with Crippen LogP contribution in [0.4, 0.5) is 0 Å². The molecule has 7 nitrogen and oxygen atoms in total. The van der Waals surface area contributed by atoms with E-state index < -0.39 is 15.4 Å². The Balaban J connectivity index is 1.95. The monoisotopic (exact) mass is 768 g/mol. The van der Waals surface area contributed by atoms with Crippen LogP contribution in [-0.4, -0.2) is 40.2 Å². The number of hydrogen-bond acceptors (Lipinski definition) is 7. The maximum absolute atomic E-state index is 12.5. The lowest BCUT2D eigenvalue weighted by Crippen LogP contribution is -2.30. The fraction of sp³-hybridized carbons (Fsp3) is 0.500. The topological polar surface area (TPSA) is 80.3 Å². The highest BCUT2D eigenvalue weighted by molar-refractivity contribution is 7.52. The molecule has 0 aromatic carbocycles. The summed E-state index contributed by atoms with van der Waals surface area (Å²) in [5.41, 5.74) is 9.43. The molecule has 0 N–H and O–H groups in total. The summed E-state index contributed by atoms with van der Waals surface area (Å²) >= 11 is 0. The predicted molar refractivity (Wildman–Crippen MR) is 224 cm³/mol. The van der Waals surface area contributed by atoms with Crippen molar-refractivity contribution in [2.45, 2.75) is 107 Å². The van der Waals surface area contributed by atoms with Crippen molar-refractivity contribution in [2.75, 3.05) is 28.0 Å². The van der Waals surface area contributed by atoms with Crippen molar-refractivity contribution in [1.82, 2.24) is 0 Å². The maximum atomic E-state index is 12.5. The molecule has 0 saturated heterocycles. The van der Waals surface area contributed by atoms with Gasteiger partial charge in [0.25, 0.3) is 0 Å². The summed E-state index contributed by atoms with van der Waals surface area (Å²) in [5.74, 6) is 0. The van der Waals surface area contributed by atoms with Crippen LogP contribution in [0.3, 0.4) is 0 Å². The van der Waals surface area contributed by atoms with Crippen LogP contribution in [0.2, 0.25) is 0 Å². The molecule has 9 heteroatoms. The average molecular weight is 769 g/mol. The first-order valence-corrected chi connectivity index (χ1v) is 21.8. The minimum absolute atomic E-state index is 0.0902. The highest BCUT2D eigenvalue weighted by Gasteiger charge is 2.38. The molecule has 0 aliphatic heterocycles. The molecular formula is C44H66O7P2. The van der Waals surface area contributed by atoms with Crippen molar-refractivity contribution < 1.29 is 31.7 Å². The molecule has 3 unspecified atom stereocenters. The van der Waals surface area contributed by atoms with Crippen LogP contribution >= 0.6 is 15.4 Å². The van der Waals surface area contributed by atoms with Gasteiger partial charge in [0.2, 0.25) is 0 Å². The van der Waals surface area contributed by atoms with E-state index in [0.717, 1.165) is 41.6 Å². The van der Waals surface area contributed by atoms with Gasteiger partial charge >= 0.3 is 15.4 Å². The Hall–Kier alpha value is -2.60. The van der Waals surface area contributed by atoms with Crippen molar-refractivity contribution in [2.24, 2.45) is 10.8 Å². The molecule has 0 radical (unpaired) electrons. The lowest BCUT2D eigenvalue weighted by molar-refractivity contribution is 0.0765. The van der Waals surface area contributed by atoms with Crippen molar-refractivity contribution in [3.63, 3.8) is 0 Å². The summed E-state index contributed by atoms with van der Waals surface area (Å²) in [4.78, 5) is 0. The summed E-state index contributed by atoms with van der Waals surface area (Å²) in [6, 6.07) is 0.